The molecule has 29 heavy (non-hydrogen) atoms. The van der Waals surface area contributed by atoms with E-state index in [-0.39, 0.29) is 17.9 Å². The number of rotatable bonds is 9. The first-order chi connectivity index (χ1) is 14.0. The van der Waals surface area contributed by atoms with Gasteiger partial charge in [0.15, 0.2) is 0 Å². The number of halogens is 3. The van der Waals surface area contributed by atoms with Gasteiger partial charge in [-0.15, -0.1) is 0 Å². The predicted molar refractivity (Wildman–Crippen MR) is 115 cm³/mol. The third-order valence-electron chi connectivity index (χ3n) is 6.78. The summed E-state index contributed by atoms with van der Waals surface area (Å²) in [4.78, 5) is 0. The molecule has 1 unspecified atom stereocenters. The molecule has 1 aromatic rings. The summed E-state index contributed by atoms with van der Waals surface area (Å²) < 4.78 is 43.8. The Labute approximate surface area is 174 Å². The first kappa shape index (κ1) is 22.2. The summed E-state index contributed by atoms with van der Waals surface area (Å²) in [5.41, 5.74) is -1.33. The number of allylic oxidation sites excluding steroid dienone is 4. The van der Waals surface area contributed by atoms with E-state index in [9.17, 15) is 8.78 Å². The predicted octanol–water partition coefficient (Wildman–Crippen LogP) is 8.99. The summed E-state index contributed by atoms with van der Waals surface area (Å²) in [6, 6.07) is 7.14. The van der Waals surface area contributed by atoms with Gasteiger partial charge in [-0.2, -0.15) is 0 Å². The number of hydrogen-bond donors (Lipinski definition) is 0. The Morgan fingerprint density at radius 3 is 2.38 bits per heavy atom. The highest BCUT2D eigenvalue weighted by molar-refractivity contribution is 5.45. The molecule has 0 spiro atoms. The molecule has 1 fully saturated rings. The monoisotopic (exact) mass is 404 g/mol. The molecule has 0 heterocycles. The average molecular weight is 405 g/mol. The number of unbranched alkanes of at least 4 members (excludes halogenated alkanes) is 5. The molecular weight excluding hydrogens is 369 g/mol. The SMILES string of the molecule is CCCCCCCCC1CCC(c2ccccc2C2(F)C=C(F)CC=C2F)CC1. The van der Waals surface area contributed by atoms with Crippen LogP contribution in [0.3, 0.4) is 0 Å². The Morgan fingerprint density at radius 1 is 0.931 bits per heavy atom. The van der Waals surface area contributed by atoms with Crippen LogP contribution in [0.5, 0.6) is 0 Å². The molecule has 0 bridgehead atoms. The summed E-state index contributed by atoms with van der Waals surface area (Å²) in [6.45, 7) is 2.24. The maximum atomic E-state index is 15.6. The second-order valence-corrected chi connectivity index (χ2v) is 8.92. The molecule has 0 nitrogen and oxygen atoms in total. The summed E-state index contributed by atoms with van der Waals surface area (Å²) in [7, 11) is 0. The zero-order chi connectivity index (χ0) is 20.7. The van der Waals surface area contributed by atoms with Crippen LogP contribution in [-0.4, -0.2) is 0 Å². The fraction of sp³-hybridized carbons (Fsp3) is 0.615. The molecule has 0 aliphatic heterocycles. The van der Waals surface area contributed by atoms with Crippen LogP contribution in [0.15, 0.2) is 48.1 Å². The maximum absolute atomic E-state index is 15.6. The lowest BCUT2D eigenvalue weighted by Gasteiger charge is -2.33. The first-order valence-corrected chi connectivity index (χ1v) is 11.6. The minimum absolute atomic E-state index is 0.163. The third kappa shape index (κ3) is 5.55. The van der Waals surface area contributed by atoms with Crippen LogP contribution in [0.4, 0.5) is 13.2 Å². The Hall–Kier alpha value is -1.51. The van der Waals surface area contributed by atoms with Crippen molar-refractivity contribution in [2.75, 3.05) is 0 Å². The Balaban J connectivity index is 1.60. The van der Waals surface area contributed by atoms with Gasteiger partial charge in [-0.3, -0.25) is 0 Å². The van der Waals surface area contributed by atoms with Crippen LogP contribution < -0.4 is 0 Å². The summed E-state index contributed by atoms with van der Waals surface area (Å²) >= 11 is 0. The molecular formula is C26H35F3. The third-order valence-corrected chi connectivity index (χ3v) is 6.78. The highest BCUT2D eigenvalue weighted by atomic mass is 19.2. The maximum Gasteiger partial charge on any atom is 0.207 e. The van der Waals surface area contributed by atoms with Crippen LogP contribution in [0.25, 0.3) is 0 Å². The fourth-order valence-electron chi connectivity index (χ4n) is 5.05. The molecule has 0 N–H and O–H groups in total. The molecule has 0 amide bonds. The van der Waals surface area contributed by atoms with Gasteiger partial charge < -0.3 is 0 Å². The number of hydrogen-bond acceptors (Lipinski definition) is 0. The van der Waals surface area contributed by atoms with Crippen molar-refractivity contribution < 1.29 is 13.2 Å². The van der Waals surface area contributed by atoms with E-state index in [2.05, 4.69) is 6.92 Å². The smallest absolute Gasteiger partial charge is 0.207 e. The van der Waals surface area contributed by atoms with E-state index in [4.69, 9.17) is 0 Å². The van der Waals surface area contributed by atoms with Gasteiger partial charge in [-0.1, -0.05) is 76.1 Å². The van der Waals surface area contributed by atoms with Crippen LogP contribution in [0, 0.1) is 5.92 Å². The van der Waals surface area contributed by atoms with Crippen molar-refractivity contribution in [1.82, 2.24) is 0 Å². The van der Waals surface area contributed by atoms with Crippen molar-refractivity contribution in [3.8, 4) is 0 Å². The van der Waals surface area contributed by atoms with Gasteiger partial charge in [0.2, 0.25) is 5.67 Å². The van der Waals surface area contributed by atoms with Crippen LogP contribution in [0.1, 0.15) is 101 Å². The highest BCUT2D eigenvalue weighted by Crippen LogP contribution is 2.47. The quantitative estimate of drug-likeness (QED) is 0.360. The summed E-state index contributed by atoms with van der Waals surface area (Å²) in [6.07, 6.45) is 15.3. The second-order valence-electron chi connectivity index (χ2n) is 8.92. The van der Waals surface area contributed by atoms with E-state index in [0.29, 0.717) is 0 Å². The molecule has 0 aromatic heterocycles. The van der Waals surface area contributed by atoms with E-state index in [1.54, 1.807) is 12.1 Å². The molecule has 3 rings (SSSR count). The molecule has 3 heteroatoms. The second kappa shape index (κ2) is 10.5. The number of alkyl halides is 1. The standard InChI is InChI=1S/C26H35F3/c1-2-3-4-5-6-7-10-20-13-15-21(16-14-20)23-11-8-9-12-24(23)26(29)19-22(27)17-18-25(26)28/h8-9,11-12,18-21H,2-7,10,13-17H2,1H3. The molecule has 0 saturated heterocycles. The normalized spacial score (nSPS) is 27.4. The molecule has 1 aromatic carbocycles. The van der Waals surface area contributed by atoms with Gasteiger partial charge in [0.05, 0.1) is 0 Å². The van der Waals surface area contributed by atoms with Gasteiger partial charge in [0, 0.05) is 12.0 Å². The minimum atomic E-state index is -2.46. The Kier molecular flexibility index (Phi) is 8.03. The molecule has 160 valence electrons. The van der Waals surface area contributed by atoms with E-state index >= 15 is 4.39 Å². The lowest BCUT2D eigenvalue weighted by Crippen LogP contribution is -2.25. The van der Waals surface area contributed by atoms with Gasteiger partial charge in [0.25, 0.3) is 0 Å². The van der Waals surface area contributed by atoms with Gasteiger partial charge in [0.1, 0.15) is 11.7 Å². The highest BCUT2D eigenvalue weighted by Gasteiger charge is 2.41. The van der Waals surface area contributed by atoms with Gasteiger partial charge >= 0.3 is 0 Å². The molecule has 1 atom stereocenters. The number of benzene rings is 1. The minimum Gasteiger partial charge on any atom is -0.226 e. The van der Waals surface area contributed by atoms with E-state index in [1.165, 1.54) is 44.9 Å². The summed E-state index contributed by atoms with van der Waals surface area (Å²) in [5.74, 6) is -0.507. The molecule has 2 aliphatic rings. The molecule has 2 aliphatic carbocycles. The van der Waals surface area contributed by atoms with E-state index in [0.717, 1.165) is 49.3 Å². The largest absolute Gasteiger partial charge is 0.226 e. The van der Waals surface area contributed by atoms with Crippen molar-refractivity contribution in [2.45, 2.75) is 95.6 Å². The zero-order valence-corrected chi connectivity index (χ0v) is 17.7. The van der Waals surface area contributed by atoms with Gasteiger partial charge in [-0.05, 0) is 55.2 Å². The van der Waals surface area contributed by atoms with Crippen molar-refractivity contribution in [3.05, 3.63) is 59.2 Å². The van der Waals surface area contributed by atoms with Crippen molar-refractivity contribution in [3.63, 3.8) is 0 Å². The summed E-state index contributed by atoms with van der Waals surface area (Å²) in [5, 5.41) is 0. The lowest BCUT2D eigenvalue weighted by molar-refractivity contribution is 0.223. The van der Waals surface area contributed by atoms with Crippen molar-refractivity contribution in [1.29, 1.82) is 0 Å². The average Bonchev–Trinajstić information content (AvgIpc) is 2.74. The van der Waals surface area contributed by atoms with Crippen LogP contribution in [0.2, 0.25) is 0 Å². The van der Waals surface area contributed by atoms with Crippen LogP contribution in [-0.2, 0) is 5.67 Å². The Bertz CT molecular complexity index is 712. The molecule has 1 saturated carbocycles. The Morgan fingerprint density at radius 2 is 1.62 bits per heavy atom. The van der Waals surface area contributed by atoms with Gasteiger partial charge in [-0.25, -0.2) is 13.2 Å². The van der Waals surface area contributed by atoms with Crippen LogP contribution >= 0.6 is 0 Å². The zero-order valence-electron chi connectivity index (χ0n) is 17.7. The van der Waals surface area contributed by atoms with Crippen molar-refractivity contribution >= 4 is 0 Å². The fourth-order valence-corrected chi connectivity index (χ4v) is 5.05. The first-order valence-electron chi connectivity index (χ1n) is 11.6. The lowest BCUT2D eigenvalue weighted by atomic mass is 9.73. The van der Waals surface area contributed by atoms with E-state index < -0.39 is 17.3 Å². The molecule has 0 radical (unpaired) electrons. The van der Waals surface area contributed by atoms with Crippen molar-refractivity contribution in [2.24, 2.45) is 5.92 Å². The van der Waals surface area contributed by atoms with E-state index in [1.807, 2.05) is 12.1 Å². The topological polar surface area (TPSA) is 0 Å².